The number of carbonyl (C=O) groups is 1. The molecular formula is C11H9ClN2O. The van der Waals surface area contributed by atoms with E-state index in [-0.39, 0.29) is 5.78 Å². The zero-order chi connectivity index (χ0) is 11.3. The molecule has 0 radical (unpaired) electrons. The summed E-state index contributed by atoms with van der Waals surface area (Å²) in [5, 5.41) is 0.646. The van der Waals surface area contributed by atoms with Crippen molar-refractivity contribution in [2.75, 3.05) is 0 Å². The van der Waals surface area contributed by atoms with Gasteiger partial charge in [-0.1, -0.05) is 23.7 Å². The number of halogens is 1. The van der Waals surface area contributed by atoms with Gasteiger partial charge in [-0.05, 0) is 30.7 Å². The lowest BCUT2D eigenvalue weighted by Crippen LogP contribution is -2.00. The molecule has 0 unspecified atom stereocenters. The van der Waals surface area contributed by atoms with Gasteiger partial charge in [0.2, 0.25) is 0 Å². The van der Waals surface area contributed by atoms with Crippen molar-refractivity contribution in [3.63, 3.8) is 0 Å². The largest absolute Gasteiger partial charge is 0.361 e. The highest BCUT2D eigenvalue weighted by Crippen LogP contribution is 2.12. The maximum Gasteiger partial charge on any atom is 0.327 e. The van der Waals surface area contributed by atoms with Crippen molar-refractivity contribution >= 4 is 29.7 Å². The van der Waals surface area contributed by atoms with Crippen LogP contribution < -0.4 is 0 Å². The van der Waals surface area contributed by atoms with E-state index in [1.54, 1.807) is 37.3 Å². The van der Waals surface area contributed by atoms with Crippen molar-refractivity contribution in [1.82, 2.24) is 0 Å². The van der Waals surface area contributed by atoms with Gasteiger partial charge in [0.15, 0.2) is 0 Å². The molecule has 1 aromatic carbocycles. The first kappa shape index (κ1) is 11.4. The van der Waals surface area contributed by atoms with E-state index in [9.17, 15) is 4.79 Å². The Morgan fingerprint density at radius 1 is 1.40 bits per heavy atom. The monoisotopic (exact) mass is 220 g/mol. The zero-order valence-corrected chi connectivity index (χ0v) is 8.90. The van der Waals surface area contributed by atoms with Gasteiger partial charge in [-0.15, -0.1) is 0 Å². The fraction of sp³-hybridized carbons (Fsp3) is 0.0909. The lowest BCUT2D eigenvalue weighted by Gasteiger charge is -1.95. The number of hydrogen-bond donors (Lipinski definition) is 0. The highest BCUT2D eigenvalue weighted by Gasteiger charge is 2.04. The van der Waals surface area contributed by atoms with Gasteiger partial charge in [0, 0.05) is 10.6 Å². The van der Waals surface area contributed by atoms with E-state index in [0.29, 0.717) is 10.6 Å². The molecule has 15 heavy (non-hydrogen) atoms. The van der Waals surface area contributed by atoms with Crippen LogP contribution in [0.5, 0.6) is 0 Å². The van der Waals surface area contributed by atoms with Gasteiger partial charge in [-0.2, -0.15) is 4.79 Å². The second-order valence-electron chi connectivity index (χ2n) is 2.99. The van der Waals surface area contributed by atoms with Gasteiger partial charge in [0.25, 0.3) is 5.78 Å². The normalized spacial score (nSPS) is 10.7. The number of nitrogens with zero attached hydrogens (tertiary/aromatic N) is 2. The number of allylic oxidation sites excluding steroid dienone is 1. The summed E-state index contributed by atoms with van der Waals surface area (Å²) in [5.74, 6) is -0.326. The fourth-order valence-corrected chi connectivity index (χ4v) is 1.16. The quantitative estimate of drug-likeness (QED) is 0.334. The molecule has 1 rings (SSSR count). The third-order valence-corrected chi connectivity index (χ3v) is 2.07. The zero-order valence-electron chi connectivity index (χ0n) is 8.14. The van der Waals surface area contributed by atoms with E-state index >= 15 is 0 Å². The summed E-state index contributed by atoms with van der Waals surface area (Å²) in [5.41, 5.74) is 9.56. The van der Waals surface area contributed by atoms with E-state index < -0.39 is 0 Å². The third-order valence-electron chi connectivity index (χ3n) is 1.82. The number of rotatable bonds is 3. The van der Waals surface area contributed by atoms with Crippen LogP contribution in [0.1, 0.15) is 12.5 Å². The Balaban J connectivity index is 2.92. The van der Waals surface area contributed by atoms with Gasteiger partial charge in [-0.25, -0.2) is 0 Å². The van der Waals surface area contributed by atoms with Crippen LogP contribution in [0.2, 0.25) is 5.02 Å². The van der Waals surface area contributed by atoms with Gasteiger partial charge < -0.3 is 5.53 Å². The predicted octanol–water partition coefficient (Wildman–Crippen LogP) is 2.61. The van der Waals surface area contributed by atoms with Crippen molar-refractivity contribution in [3.05, 3.63) is 46.0 Å². The van der Waals surface area contributed by atoms with Crippen LogP contribution in [0, 0.1) is 0 Å². The summed E-state index contributed by atoms with van der Waals surface area (Å²) >= 11 is 5.72. The molecule has 0 aromatic heterocycles. The molecule has 0 aliphatic carbocycles. The first-order valence-corrected chi connectivity index (χ1v) is 4.67. The van der Waals surface area contributed by atoms with Crippen LogP contribution in [0.3, 0.4) is 0 Å². The highest BCUT2D eigenvalue weighted by molar-refractivity contribution is 6.34. The van der Waals surface area contributed by atoms with Crippen LogP contribution in [-0.2, 0) is 4.79 Å². The molecule has 0 bridgehead atoms. The van der Waals surface area contributed by atoms with E-state index in [1.807, 2.05) is 0 Å². The van der Waals surface area contributed by atoms with Crippen molar-refractivity contribution in [2.24, 2.45) is 0 Å². The molecule has 0 atom stereocenters. The number of carbonyl (C=O) groups excluding carboxylic acids is 1. The van der Waals surface area contributed by atoms with Crippen molar-refractivity contribution in [3.8, 4) is 0 Å². The molecule has 0 aliphatic rings. The predicted molar refractivity (Wildman–Crippen MR) is 59.8 cm³/mol. The average molecular weight is 221 g/mol. The molecule has 0 heterocycles. The molecule has 0 fully saturated rings. The molecule has 0 aliphatic heterocycles. The lowest BCUT2D eigenvalue weighted by atomic mass is 10.1. The number of benzene rings is 1. The Bertz CT molecular complexity index is 442. The van der Waals surface area contributed by atoms with E-state index in [4.69, 9.17) is 17.1 Å². The Labute approximate surface area is 92.6 Å². The highest BCUT2D eigenvalue weighted by atomic mass is 35.5. The van der Waals surface area contributed by atoms with Gasteiger partial charge in [0.05, 0.1) is 0 Å². The molecule has 0 spiro atoms. The van der Waals surface area contributed by atoms with Gasteiger partial charge in [0.1, 0.15) is 0 Å². The molecule has 4 heteroatoms. The van der Waals surface area contributed by atoms with E-state index in [2.05, 4.69) is 4.79 Å². The lowest BCUT2D eigenvalue weighted by molar-refractivity contribution is -0.112. The summed E-state index contributed by atoms with van der Waals surface area (Å²) in [6.45, 7) is 1.65. The molecule has 1 aromatic rings. The maximum atomic E-state index is 11.2. The Kier molecular flexibility index (Phi) is 3.98. The second kappa shape index (κ2) is 5.25. The molecule has 0 saturated heterocycles. The van der Waals surface area contributed by atoms with E-state index in [1.165, 1.54) is 0 Å². The van der Waals surface area contributed by atoms with Crippen LogP contribution in [-0.4, -0.2) is 16.8 Å². The van der Waals surface area contributed by atoms with Crippen LogP contribution in [0.15, 0.2) is 29.8 Å². The molecule has 76 valence electrons. The topological polar surface area (TPSA) is 53.5 Å². The maximum absolute atomic E-state index is 11.2. The van der Waals surface area contributed by atoms with E-state index in [0.717, 1.165) is 11.8 Å². The Morgan fingerprint density at radius 2 is 2.00 bits per heavy atom. The SMILES string of the molecule is C/C(=C\c1ccc(Cl)cc1)C(=O)C=[N+]=[N-]. The Hall–Kier alpha value is -1.70. The smallest absolute Gasteiger partial charge is 0.327 e. The first-order valence-electron chi connectivity index (χ1n) is 4.29. The summed E-state index contributed by atoms with van der Waals surface area (Å²) in [4.78, 5) is 13.9. The first-order chi connectivity index (χ1) is 7.13. The van der Waals surface area contributed by atoms with Gasteiger partial charge >= 0.3 is 6.21 Å². The van der Waals surface area contributed by atoms with Gasteiger partial charge in [-0.3, -0.25) is 4.79 Å². The molecule has 0 amide bonds. The molecule has 0 N–H and O–H groups in total. The van der Waals surface area contributed by atoms with Crippen LogP contribution in [0.25, 0.3) is 11.6 Å². The fourth-order valence-electron chi connectivity index (χ4n) is 1.03. The van der Waals surface area contributed by atoms with Crippen molar-refractivity contribution in [1.29, 1.82) is 0 Å². The number of Topliss-reactive ketones (excluding diaryl/α,β-unsaturated/α-hetero) is 1. The summed E-state index contributed by atoms with van der Waals surface area (Å²) in [6, 6.07) is 7.08. The third kappa shape index (κ3) is 3.50. The van der Waals surface area contributed by atoms with Crippen LogP contribution in [0.4, 0.5) is 0 Å². The molecular weight excluding hydrogens is 212 g/mol. The summed E-state index contributed by atoms with van der Waals surface area (Å²) in [7, 11) is 0. The van der Waals surface area contributed by atoms with Crippen molar-refractivity contribution < 1.29 is 9.58 Å². The minimum absolute atomic E-state index is 0.326. The standard InChI is InChI=1S/C11H9ClN2O/c1-8(11(15)7-14-13)6-9-2-4-10(12)5-3-9/h2-7H,1H3/b8-6+. The average Bonchev–Trinajstić information content (AvgIpc) is 2.22. The van der Waals surface area contributed by atoms with Crippen LogP contribution >= 0.6 is 11.6 Å². The summed E-state index contributed by atoms with van der Waals surface area (Å²) in [6.07, 6.45) is 2.56. The minimum Gasteiger partial charge on any atom is -0.361 e. The minimum atomic E-state index is -0.326. The number of ketones is 1. The molecule has 3 nitrogen and oxygen atoms in total. The summed E-state index contributed by atoms with van der Waals surface area (Å²) < 4.78 is 0. The number of hydrogen-bond acceptors (Lipinski definition) is 1. The molecule has 0 saturated carbocycles. The second-order valence-corrected chi connectivity index (χ2v) is 3.42. The van der Waals surface area contributed by atoms with Crippen molar-refractivity contribution in [2.45, 2.75) is 6.92 Å². The Morgan fingerprint density at radius 3 is 2.53 bits per heavy atom.